The van der Waals surface area contributed by atoms with Crippen LogP contribution >= 0.6 is 0 Å². The normalized spacial score (nSPS) is 11.4. The summed E-state index contributed by atoms with van der Waals surface area (Å²) in [5.41, 5.74) is 1.19. The summed E-state index contributed by atoms with van der Waals surface area (Å²) in [7, 11) is -2.07. The summed E-state index contributed by atoms with van der Waals surface area (Å²) in [5.74, 6) is 0.424. The molecule has 1 heterocycles. The molecule has 0 aliphatic heterocycles. The van der Waals surface area contributed by atoms with Gasteiger partial charge in [0.15, 0.2) is 0 Å². The van der Waals surface area contributed by atoms with Crippen LogP contribution in [-0.4, -0.2) is 20.5 Å². The Kier molecular flexibility index (Phi) is 4.37. The van der Waals surface area contributed by atoms with E-state index < -0.39 is 10.0 Å². The third kappa shape index (κ3) is 4.10. The van der Waals surface area contributed by atoms with Gasteiger partial charge < -0.3 is 4.74 Å². The fraction of sp³-hybridized carbons (Fsp3) is 0.0714. The zero-order chi connectivity index (χ0) is 14.4. The van der Waals surface area contributed by atoms with Crippen molar-refractivity contribution < 1.29 is 13.2 Å². The molecular weight excluding hydrogens is 276 g/mol. The number of hydrogen-bond donors (Lipinski definition) is 1. The van der Waals surface area contributed by atoms with Crippen molar-refractivity contribution in [3.05, 3.63) is 59.6 Å². The number of hydrogen-bond acceptors (Lipinski definition) is 4. The minimum absolute atomic E-state index is 0.378. The van der Waals surface area contributed by atoms with Crippen LogP contribution < -0.4 is 9.46 Å². The topological polar surface area (TPSA) is 68.3 Å². The summed E-state index contributed by atoms with van der Waals surface area (Å²) in [4.78, 5) is 3.93. The summed E-state index contributed by atoms with van der Waals surface area (Å²) in [6.07, 6.45) is 2.92. The summed E-state index contributed by atoms with van der Waals surface area (Å²) in [6, 6.07) is 12.4. The number of ether oxygens (including phenoxy) is 1. The molecule has 0 aliphatic rings. The maximum atomic E-state index is 11.9. The molecule has 5 nitrogen and oxygen atoms in total. The molecule has 1 N–H and O–H groups in total. The Balaban J connectivity index is 2.09. The van der Waals surface area contributed by atoms with Crippen molar-refractivity contribution in [1.29, 1.82) is 0 Å². The van der Waals surface area contributed by atoms with Gasteiger partial charge in [-0.2, -0.15) is 0 Å². The van der Waals surface area contributed by atoms with Gasteiger partial charge in [0.2, 0.25) is 5.88 Å². The summed E-state index contributed by atoms with van der Waals surface area (Å²) in [5, 5.41) is 1.12. The van der Waals surface area contributed by atoms with Crippen molar-refractivity contribution >= 4 is 21.8 Å². The Morgan fingerprint density at radius 3 is 2.50 bits per heavy atom. The first-order valence-electron chi connectivity index (χ1n) is 5.85. The lowest BCUT2D eigenvalue weighted by Crippen LogP contribution is -2.09. The first-order chi connectivity index (χ1) is 9.59. The number of benzene rings is 1. The molecule has 0 saturated carbocycles. The molecule has 0 spiro atoms. The van der Waals surface area contributed by atoms with Gasteiger partial charge in [0.25, 0.3) is 10.0 Å². The number of aromatic nitrogens is 1. The highest BCUT2D eigenvalue weighted by Crippen LogP contribution is 2.13. The molecule has 0 unspecified atom stereocenters. The van der Waals surface area contributed by atoms with Gasteiger partial charge in [-0.05, 0) is 17.7 Å². The van der Waals surface area contributed by atoms with E-state index in [1.807, 2.05) is 30.3 Å². The van der Waals surface area contributed by atoms with Crippen LogP contribution in [0.5, 0.6) is 5.88 Å². The molecule has 0 amide bonds. The number of sulfonamides is 1. The summed E-state index contributed by atoms with van der Waals surface area (Å²) in [6.45, 7) is 0. The molecule has 0 saturated heterocycles. The molecule has 2 rings (SSSR count). The van der Waals surface area contributed by atoms with E-state index in [2.05, 4.69) is 9.71 Å². The van der Waals surface area contributed by atoms with E-state index >= 15 is 0 Å². The average molecular weight is 290 g/mol. The van der Waals surface area contributed by atoms with E-state index in [0.717, 1.165) is 11.0 Å². The molecule has 1 aromatic carbocycles. The standard InChI is InChI=1S/C14H14N2O3S/c1-19-14-8-7-13(11-15-14)16-20(17,18)10-9-12-5-3-2-4-6-12/h2-11,16H,1H3/b10-9+. The molecule has 0 fully saturated rings. The van der Waals surface area contributed by atoms with Crippen LogP contribution in [0.15, 0.2) is 54.1 Å². The molecule has 0 bridgehead atoms. The van der Waals surface area contributed by atoms with E-state index in [0.29, 0.717) is 11.6 Å². The Bertz CT molecular complexity index is 680. The van der Waals surface area contributed by atoms with Gasteiger partial charge >= 0.3 is 0 Å². The number of rotatable bonds is 5. The molecular formula is C14H14N2O3S. The SMILES string of the molecule is COc1ccc(NS(=O)(=O)/C=C/c2ccccc2)cn1. The van der Waals surface area contributed by atoms with Gasteiger partial charge in [-0.15, -0.1) is 0 Å². The summed E-state index contributed by atoms with van der Waals surface area (Å²) < 4.78 is 31.1. The number of methoxy groups -OCH3 is 1. The zero-order valence-corrected chi connectivity index (χ0v) is 11.7. The highest BCUT2D eigenvalue weighted by atomic mass is 32.2. The largest absolute Gasteiger partial charge is 0.481 e. The quantitative estimate of drug-likeness (QED) is 0.918. The lowest BCUT2D eigenvalue weighted by Gasteiger charge is -2.04. The van der Waals surface area contributed by atoms with Gasteiger partial charge in [-0.25, -0.2) is 13.4 Å². The predicted molar refractivity (Wildman–Crippen MR) is 78.8 cm³/mol. The lowest BCUT2D eigenvalue weighted by molar-refractivity contribution is 0.398. The monoisotopic (exact) mass is 290 g/mol. The van der Waals surface area contributed by atoms with Crippen molar-refractivity contribution in [1.82, 2.24) is 4.98 Å². The molecule has 0 radical (unpaired) electrons. The van der Waals surface area contributed by atoms with Gasteiger partial charge in [-0.1, -0.05) is 30.3 Å². The van der Waals surface area contributed by atoms with E-state index in [9.17, 15) is 8.42 Å². The van der Waals surface area contributed by atoms with Crippen LogP contribution in [0.4, 0.5) is 5.69 Å². The van der Waals surface area contributed by atoms with Crippen LogP contribution in [0.1, 0.15) is 5.56 Å². The Hall–Kier alpha value is -2.34. The van der Waals surface area contributed by atoms with Crippen LogP contribution in [0.2, 0.25) is 0 Å². The van der Waals surface area contributed by atoms with E-state index in [4.69, 9.17) is 4.74 Å². The predicted octanol–water partition coefficient (Wildman–Crippen LogP) is 2.50. The third-order valence-electron chi connectivity index (χ3n) is 2.44. The fourth-order valence-electron chi connectivity index (χ4n) is 1.49. The maximum Gasteiger partial charge on any atom is 0.255 e. The zero-order valence-electron chi connectivity index (χ0n) is 10.9. The van der Waals surface area contributed by atoms with Crippen molar-refractivity contribution in [3.63, 3.8) is 0 Å². The first kappa shape index (κ1) is 14.1. The second-order valence-electron chi connectivity index (χ2n) is 3.95. The molecule has 20 heavy (non-hydrogen) atoms. The van der Waals surface area contributed by atoms with Crippen molar-refractivity contribution in [2.45, 2.75) is 0 Å². The molecule has 2 aromatic rings. The van der Waals surface area contributed by atoms with Crippen LogP contribution in [-0.2, 0) is 10.0 Å². The summed E-state index contributed by atoms with van der Waals surface area (Å²) >= 11 is 0. The van der Waals surface area contributed by atoms with Crippen molar-refractivity contribution in [2.24, 2.45) is 0 Å². The van der Waals surface area contributed by atoms with Crippen molar-refractivity contribution in [2.75, 3.05) is 11.8 Å². The number of anilines is 1. The molecule has 6 heteroatoms. The van der Waals surface area contributed by atoms with Crippen molar-refractivity contribution in [3.8, 4) is 5.88 Å². The number of pyridine rings is 1. The minimum Gasteiger partial charge on any atom is -0.481 e. The average Bonchev–Trinajstić information content (AvgIpc) is 2.47. The minimum atomic E-state index is -3.56. The van der Waals surface area contributed by atoms with Crippen LogP contribution in [0.3, 0.4) is 0 Å². The van der Waals surface area contributed by atoms with Gasteiger partial charge in [-0.3, -0.25) is 4.72 Å². The highest BCUT2D eigenvalue weighted by molar-refractivity contribution is 7.95. The van der Waals surface area contributed by atoms with Crippen LogP contribution in [0, 0.1) is 0 Å². The smallest absolute Gasteiger partial charge is 0.255 e. The van der Waals surface area contributed by atoms with Gasteiger partial charge in [0.1, 0.15) is 0 Å². The lowest BCUT2D eigenvalue weighted by atomic mass is 10.2. The number of nitrogens with one attached hydrogen (secondary N) is 1. The Morgan fingerprint density at radius 1 is 1.15 bits per heavy atom. The molecule has 0 aliphatic carbocycles. The third-order valence-corrected chi connectivity index (χ3v) is 3.46. The molecule has 0 atom stereocenters. The van der Waals surface area contributed by atoms with E-state index in [-0.39, 0.29) is 0 Å². The number of nitrogens with zero attached hydrogens (tertiary/aromatic N) is 1. The van der Waals surface area contributed by atoms with E-state index in [1.165, 1.54) is 19.4 Å². The maximum absolute atomic E-state index is 11.9. The van der Waals surface area contributed by atoms with Crippen LogP contribution in [0.25, 0.3) is 6.08 Å². The Labute approximate surface area is 118 Å². The second kappa shape index (κ2) is 6.21. The molecule has 1 aromatic heterocycles. The first-order valence-corrected chi connectivity index (χ1v) is 7.40. The van der Waals surface area contributed by atoms with E-state index in [1.54, 1.807) is 12.1 Å². The fourth-order valence-corrected chi connectivity index (χ4v) is 2.35. The van der Waals surface area contributed by atoms with Gasteiger partial charge in [0.05, 0.1) is 24.4 Å². The highest BCUT2D eigenvalue weighted by Gasteiger charge is 2.06. The molecule has 104 valence electrons. The van der Waals surface area contributed by atoms with Gasteiger partial charge in [0, 0.05) is 6.07 Å². The Morgan fingerprint density at radius 2 is 1.90 bits per heavy atom. The second-order valence-corrected chi connectivity index (χ2v) is 5.52.